The third kappa shape index (κ3) is 5.98. The van der Waals surface area contributed by atoms with Crippen molar-refractivity contribution in [2.24, 2.45) is 5.41 Å². The standard InChI is InChI=1S/C29H38F2N6O4S/c1-35-11-4-20-18-23(32-26(25(20)35)37-14-9-29(30,31)10-15-37)27(39)33-22-3-2-21(34-42(40,41)17-16-38)19-24(22)36-12-7-28(5-6-28)8-13-36/h2-3,18-19,34,38H,4-17H2,1H3,(H,33,39). The highest BCUT2D eigenvalue weighted by Gasteiger charge is 2.44. The van der Waals surface area contributed by atoms with Crippen molar-refractivity contribution in [2.45, 2.75) is 50.9 Å². The van der Waals surface area contributed by atoms with Gasteiger partial charge in [0.1, 0.15) is 5.69 Å². The highest BCUT2D eigenvalue weighted by Crippen LogP contribution is 2.54. The molecular weight excluding hydrogens is 566 g/mol. The first-order valence-corrected chi connectivity index (χ1v) is 16.3. The molecule has 0 unspecified atom stereocenters. The lowest BCUT2D eigenvalue weighted by Crippen LogP contribution is -2.40. The van der Waals surface area contributed by atoms with Crippen LogP contribution < -0.4 is 24.7 Å². The fraction of sp³-hybridized carbons (Fsp3) is 0.586. The summed E-state index contributed by atoms with van der Waals surface area (Å²) >= 11 is 0. The molecule has 2 aromatic rings. The number of carbonyl (C=O) groups excluding carboxylic acids is 1. The number of carbonyl (C=O) groups is 1. The number of likely N-dealkylation sites (N-methyl/N-ethyl adjacent to an activating group) is 1. The molecule has 1 aliphatic carbocycles. The first-order valence-electron chi connectivity index (χ1n) is 14.7. The van der Waals surface area contributed by atoms with Gasteiger partial charge in [0.25, 0.3) is 11.8 Å². The minimum Gasteiger partial charge on any atom is -0.395 e. The molecule has 13 heteroatoms. The van der Waals surface area contributed by atoms with Gasteiger partial charge in [-0.15, -0.1) is 0 Å². The number of halogens is 2. The predicted molar refractivity (Wildman–Crippen MR) is 160 cm³/mol. The number of nitrogens with one attached hydrogen (secondary N) is 2. The van der Waals surface area contributed by atoms with Crippen LogP contribution >= 0.6 is 0 Å². The molecule has 3 N–H and O–H groups in total. The van der Waals surface area contributed by atoms with Crippen molar-refractivity contribution in [1.82, 2.24) is 4.98 Å². The van der Waals surface area contributed by atoms with E-state index in [1.54, 1.807) is 24.3 Å². The molecule has 42 heavy (non-hydrogen) atoms. The summed E-state index contributed by atoms with van der Waals surface area (Å²) in [5.41, 5.74) is 4.09. The van der Waals surface area contributed by atoms with E-state index in [1.807, 2.05) is 11.9 Å². The number of anilines is 5. The lowest BCUT2D eigenvalue weighted by Gasteiger charge is -2.35. The zero-order valence-corrected chi connectivity index (χ0v) is 24.7. The van der Waals surface area contributed by atoms with E-state index >= 15 is 0 Å². The number of piperidine rings is 2. The minimum atomic E-state index is -3.72. The van der Waals surface area contributed by atoms with E-state index in [2.05, 4.69) is 19.8 Å². The van der Waals surface area contributed by atoms with Gasteiger partial charge < -0.3 is 25.1 Å². The van der Waals surface area contributed by atoms with Crippen LogP contribution in [0.4, 0.5) is 37.3 Å². The average Bonchev–Trinajstić information content (AvgIpc) is 3.59. The van der Waals surface area contributed by atoms with E-state index in [4.69, 9.17) is 10.1 Å². The van der Waals surface area contributed by atoms with Crippen LogP contribution in [0.3, 0.4) is 0 Å². The van der Waals surface area contributed by atoms with Crippen LogP contribution in [0.15, 0.2) is 24.3 Å². The van der Waals surface area contributed by atoms with Crippen LogP contribution in [-0.2, 0) is 16.4 Å². The molecule has 6 rings (SSSR count). The van der Waals surface area contributed by atoms with Crippen LogP contribution in [-0.4, -0.2) is 82.5 Å². The van der Waals surface area contributed by atoms with Crippen molar-refractivity contribution in [3.63, 3.8) is 0 Å². The van der Waals surface area contributed by atoms with Crippen LogP contribution in [0, 0.1) is 5.41 Å². The first-order chi connectivity index (χ1) is 20.0. The van der Waals surface area contributed by atoms with Gasteiger partial charge in [-0.05, 0) is 67.3 Å². The van der Waals surface area contributed by atoms with Crippen LogP contribution in [0.1, 0.15) is 54.6 Å². The fourth-order valence-electron chi connectivity index (χ4n) is 6.36. The molecule has 10 nitrogen and oxygen atoms in total. The lowest BCUT2D eigenvalue weighted by molar-refractivity contribution is -0.0221. The van der Waals surface area contributed by atoms with Gasteiger partial charge in [-0.25, -0.2) is 22.2 Å². The SMILES string of the molecule is CN1CCc2cc(C(=O)Nc3ccc(NS(=O)(=O)CCO)cc3N3CCC4(CC3)CC4)nc(N3CCC(F)(F)CC3)c21. The molecule has 0 radical (unpaired) electrons. The van der Waals surface area contributed by atoms with Gasteiger partial charge in [0.15, 0.2) is 5.82 Å². The number of aliphatic hydroxyl groups excluding tert-OH is 1. The van der Waals surface area contributed by atoms with Crippen molar-refractivity contribution < 1.29 is 27.1 Å². The van der Waals surface area contributed by atoms with Crippen molar-refractivity contribution >= 4 is 44.5 Å². The summed E-state index contributed by atoms with van der Waals surface area (Å²) in [6, 6.07) is 6.77. The summed E-state index contributed by atoms with van der Waals surface area (Å²) in [6.07, 6.45) is 4.78. The largest absolute Gasteiger partial charge is 0.395 e. The molecular formula is C29H38F2N6O4S. The Balaban J connectivity index is 1.29. The maximum absolute atomic E-state index is 13.9. The van der Waals surface area contributed by atoms with Gasteiger partial charge in [-0.3, -0.25) is 9.52 Å². The van der Waals surface area contributed by atoms with Gasteiger partial charge in [0, 0.05) is 52.6 Å². The van der Waals surface area contributed by atoms with Crippen molar-refractivity contribution in [3.8, 4) is 0 Å². The Hall–Kier alpha value is -3.19. The number of aromatic nitrogens is 1. The van der Waals surface area contributed by atoms with E-state index in [1.165, 1.54) is 12.8 Å². The quantitative estimate of drug-likeness (QED) is 0.418. The number of sulfonamides is 1. The van der Waals surface area contributed by atoms with Crippen LogP contribution in [0.25, 0.3) is 0 Å². The molecule has 228 valence electrons. The fourth-order valence-corrected chi connectivity index (χ4v) is 7.19. The smallest absolute Gasteiger partial charge is 0.274 e. The number of alkyl halides is 2. The second-order valence-corrected chi connectivity index (χ2v) is 14.0. The summed E-state index contributed by atoms with van der Waals surface area (Å²) < 4.78 is 55.0. The second kappa shape index (κ2) is 10.8. The van der Waals surface area contributed by atoms with Gasteiger partial charge in [0.2, 0.25) is 10.0 Å². The molecule has 1 aromatic carbocycles. The van der Waals surface area contributed by atoms with Crippen LogP contribution in [0.5, 0.6) is 0 Å². The average molecular weight is 605 g/mol. The monoisotopic (exact) mass is 604 g/mol. The maximum atomic E-state index is 13.9. The number of amides is 1. The minimum absolute atomic E-state index is 0.166. The molecule has 1 spiro atoms. The number of nitrogens with zero attached hydrogens (tertiary/aromatic N) is 4. The van der Waals surface area contributed by atoms with Crippen molar-refractivity contribution in [2.75, 3.05) is 76.9 Å². The number of benzene rings is 1. The summed E-state index contributed by atoms with van der Waals surface area (Å²) in [5.74, 6) is -2.96. The highest BCUT2D eigenvalue weighted by atomic mass is 32.2. The van der Waals surface area contributed by atoms with Crippen molar-refractivity contribution in [3.05, 3.63) is 35.5 Å². The molecule has 3 fully saturated rings. The van der Waals surface area contributed by atoms with E-state index < -0.39 is 34.2 Å². The topological polar surface area (TPSA) is 118 Å². The zero-order chi connectivity index (χ0) is 29.7. The number of rotatable bonds is 8. The molecule has 4 heterocycles. The van der Waals surface area contributed by atoms with Gasteiger partial charge >= 0.3 is 0 Å². The predicted octanol–water partition coefficient (Wildman–Crippen LogP) is 3.68. The molecule has 2 saturated heterocycles. The Morgan fingerprint density at radius 3 is 2.36 bits per heavy atom. The Morgan fingerprint density at radius 2 is 1.69 bits per heavy atom. The Kier molecular flexibility index (Phi) is 7.45. The van der Waals surface area contributed by atoms with Crippen molar-refractivity contribution in [1.29, 1.82) is 0 Å². The summed E-state index contributed by atoms with van der Waals surface area (Å²) in [6.45, 7) is 2.19. The molecule has 0 bridgehead atoms. The number of pyridine rings is 1. The van der Waals surface area contributed by atoms with Gasteiger partial charge in [-0.1, -0.05) is 0 Å². The normalized spacial score (nSPS) is 20.9. The third-order valence-electron chi connectivity index (χ3n) is 9.18. The van der Waals surface area contributed by atoms with Gasteiger partial charge in [0.05, 0.1) is 35.1 Å². The Morgan fingerprint density at radius 1 is 1.00 bits per heavy atom. The van der Waals surface area contributed by atoms with E-state index in [9.17, 15) is 22.0 Å². The molecule has 3 aliphatic heterocycles. The molecule has 1 saturated carbocycles. The number of hydrogen-bond acceptors (Lipinski definition) is 8. The lowest BCUT2D eigenvalue weighted by atomic mass is 9.93. The molecule has 1 amide bonds. The maximum Gasteiger partial charge on any atom is 0.274 e. The number of fused-ring (bicyclic) bond motifs is 1. The van der Waals surface area contributed by atoms with E-state index in [0.717, 1.165) is 50.1 Å². The second-order valence-electron chi connectivity index (χ2n) is 12.2. The summed E-state index contributed by atoms with van der Waals surface area (Å²) in [4.78, 5) is 24.5. The third-order valence-corrected chi connectivity index (χ3v) is 10.4. The summed E-state index contributed by atoms with van der Waals surface area (Å²) in [7, 11) is -1.78. The highest BCUT2D eigenvalue weighted by molar-refractivity contribution is 7.92. The molecule has 4 aliphatic rings. The molecule has 1 aromatic heterocycles. The van der Waals surface area contributed by atoms with Crippen LogP contribution in [0.2, 0.25) is 0 Å². The number of aliphatic hydroxyl groups is 1. The van der Waals surface area contributed by atoms with E-state index in [-0.39, 0.29) is 31.6 Å². The first kappa shape index (κ1) is 28.9. The number of hydrogen-bond donors (Lipinski definition) is 3. The Bertz CT molecular complexity index is 1460. The Labute approximate surface area is 245 Å². The summed E-state index contributed by atoms with van der Waals surface area (Å²) in [5, 5.41) is 12.1. The molecule has 0 atom stereocenters. The van der Waals surface area contributed by atoms with E-state index in [0.29, 0.717) is 28.3 Å². The van der Waals surface area contributed by atoms with Gasteiger partial charge in [-0.2, -0.15) is 0 Å². The zero-order valence-electron chi connectivity index (χ0n) is 23.8.